The minimum Gasteiger partial charge on any atom is -0.508 e. The van der Waals surface area contributed by atoms with Crippen LogP contribution >= 0.6 is 12.2 Å². The van der Waals surface area contributed by atoms with Gasteiger partial charge in [-0.15, -0.1) is 0 Å². The van der Waals surface area contributed by atoms with Crippen LogP contribution in [0.3, 0.4) is 0 Å². The van der Waals surface area contributed by atoms with E-state index in [9.17, 15) is 14.7 Å². The second-order valence-electron chi connectivity index (χ2n) is 3.69. The Labute approximate surface area is 103 Å². The SMILES string of the molecule is O=C1NC(=S)NC(=O)C1Cc1ccccc1O. The Balaban J connectivity index is 2.19. The molecule has 1 fully saturated rings. The average Bonchev–Trinajstić information content (AvgIpc) is 2.25. The molecule has 2 amide bonds. The molecule has 5 nitrogen and oxygen atoms in total. The van der Waals surface area contributed by atoms with Crippen LogP contribution in [0.15, 0.2) is 24.3 Å². The van der Waals surface area contributed by atoms with Gasteiger partial charge in [0.2, 0.25) is 11.8 Å². The Morgan fingerprint density at radius 2 is 1.76 bits per heavy atom. The van der Waals surface area contributed by atoms with E-state index in [-0.39, 0.29) is 17.3 Å². The minimum absolute atomic E-state index is 0.0218. The van der Waals surface area contributed by atoms with Crippen LogP contribution in [0.2, 0.25) is 0 Å². The summed E-state index contributed by atoms with van der Waals surface area (Å²) in [5.41, 5.74) is 0.551. The Morgan fingerprint density at radius 3 is 2.35 bits per heavy atom. The third-order valence-electron chi connectivity index (χ3n) is 2.52. The van der Waals surface area contributed by atoms with Crippen molar-refractivity contribution in [3.8, 4) is 5.75 Å². The summed E-state index contributed by atoms with van der Waals surface area (Å²) in [6.07, 6.45) is 0.146. The van der Waals surface area contributed by atoms with Gasteiger partial charge in [0.1, 0.15) is 11.7 Å². The molecule has 0 aromatic heterocycles. The molecule has 0 spiro atoms. The minimum atomic E-state index is -0.866. The van der Waals surface area contributed by atoms with Crippen LogP contribution in [-0.2, 0) is 16.0 Å². The molecule has 6 heteroatoms. The number of carbonyl (C=O) groups excluding carboxylic acids is 2. The van der Waals surface area contributed by atoms with E-state index in [4.69, 9.17) is 0 Å². The first-order valence-corrected chi connectivity index (χ1v) is 5.41. The number of phenols is 1. The highest BCUT2D eigenvalue weighted by atomic mass is 32.1. The molecule has 1 aliphatic rings. The van der Waals surface area contributed by atoms with Crippen LogP contribution in [0.5, 0.6) is 5.75 Å². The molecular weight excluding hydrogens is 240 g/mol. The van der Waals surface area contributed by atoms with Gasteiger partial charge in [0.25, 0.3) is 0 Å². The molecule has 17 heavy (non-hydrogen) atoms. The monoisotopic (exact) mass is 250 g/mol. The van der Waals surface area contributed by atoms with E-state index in [1.54, 1.807) is 18.2 Å². The van der Waals surface area contributed by atoms with E-state index in [1.807, 2.05) is 0 Å². The van der Waals surface area contributed by atoms with Gasteiger partial charge < -0.3 is 15.7 Å². The fourth-order valence-electron chi connectivity index (χ4n) is 1.64. The number of thiocarbonyl (C=S) groups is 1. The van der Waals surface area contributed by atoms with Gasteiger partial charge >= 0.3 is 0 Å². The van der Waals surface area contributed by atoms with Crippen molar-refractivity contribution < 1.29 is 14.7 Å². The van der Waals surface area contributed by atoms with Crippen LogP contribution in [0.1, 0.15) is 5.56 Å². The number of carbonyl (C=O) groups is 2. The number of para-hydroxylation sites is 1. The number of phenolic OH excluding ortho intramolecular Hbond substituents is 1. The molecule has 0 unspecified atom stereocenters. The summed E-state index contributed by atoms with van der Waals surface area (Å²) in [5.74, 6) is -1.68. The number of amides is 2. The molecule has 0 aliphatic carbocycles. The molecule has 2 rings (SSSR count). The van der Waals surface area contributed by atoms with Crippen molar-refractivity contribution in [1.29, 1.82) is 0 Å². The number of aromatic hydroxyl groups is 1. The molecule has 3 N–H and O–H groups in total. The summed E-state index contributed by atoms with van der Waals surface area (Å²) in [5, 5.41) is 14.4. The molecule has 0 atom stereocenters. The van der Waals surface area contributed by atoms with Crippen molar-refractivity contribution >= 4 is 29.1 Å². The zero-order valence-corrected chi connectivity index (χ0v) is 9.58. The van der Waals surface area contributed by atoms with Crippen LogP contribution in [0.25, 0.3) is 0 Å². The van der Waals surface area contributed by atoms with Gasteiger partial charge in [0.05, 0.1) is 0 Å². The fourth-order valence-corrected chi connectivity index (χ4v) is 1.84. The highest BCUT2D eigenvalue weighted by Crippen LogP contribution is 2.20. The standard InChI is InChI=1S/C11H10N2O3S/c14-8-4-2-1-3-6(8)5-7-9(15)12-11(17)13-10(7)16/h1-4,7,14H,5H2,(H2,12,13,15,16,17). The number of benzene rings is 1. The number of nitrogens with one attached hydrogen (secondary N) is 2. The predicted octanol–water partition coefficient (Wildman–Crippen LogP) is 0.0818. The Kier molecular flexibility index (Phi) is 3.06. The predicted molar refractivity (Wildman–Crippen MR) is 64.2 cm³/mol. The van der Waals surface area contributed by atoms with Crippen LogP contribution < -0.4 is 10.6 Å². The lowest BCUT2D eigenvalue weighted by atomic mass is 9.96. The zero-order valence-electron chi connectivity index (χ0n) is 8.77. The summed E-state index contributed by atoms with van der Waals surface area (Å²) in [7, 11) is 0. The zero-order chi connectivity index (χ0) is 12.4. The number of hydrogen-bond donors (Lipinski definition) is 3. The summed E-state index contributed by atoms with van der Waals surface area (Å²) in [4.78, 5) is 23.2. The molecule has 0 saturated carbocycles. The van der Waals surface area contributed by atoms with Crippen molar-refractivity contribution in [2.24, 2.45) is 5.92 Å². The first-order valence-electron chi connectivity index (χ1n) is 5.00. The first kappa shape index (κ1) is 11.5. The highest BCUT2D eigenvalue weighted by molar-refractivity contribution is 7.80. The van der Waals surface area contributed by atoms with Gasteiger partial charge in [-0.25, -0.2) is 0 Å². The third-order valence-corrected chi connectivity index (χ3v) is 2.73. The van der Waals surface area contributed by atoms with E-state index >= 15 is 0 Å². The van der Waals surface area contributed by atoms with E-state index < -0.39 is 17.7 Å². The van der Waals surface area contributed by atoms with Gasteiger partial charge in [-0.1, -0.05) is 18.2 Å². The van der Waals surface area contributed by atoms with Crippen LogP contribution in [0.4, 0.5) is 0 Å². The smallest absolute Gasteiger partial charge is 0.239 e. The van der Waals surface area contributed by atoms with Crippen molar-refractivity contribution in [3.63, 3.8) is 0 Å². The van der Waals surface area contributed by atoms with E-state index in [2.05, 4.69) is 22.9 Å². The van der Waals surface area contributed by atoms with Crippen molar-refractivity contribution in [3.05, 3.63) is 29.8 Å². The van der Waals surface area contributed by atoms with E-state index in [0.717, 1.165) is 0 Å². The topological polar surface area (TPSA) is 78.4 Å². The maximum absolute atomic E-state index is 11.6. The molecule has 88 valence electrons. The molecule has 1 heterocycles. The molecular formula is C11H10N2O3S. The van der Waals surface area contributed by atoms with Gasteiger partial charge in [0, 0.05) is 0 Å². The summed E-state index contributed by atoms with van der Waals surface area (Å²) in [6, 6.07) is 6.59. The summed E-state index contributed by atoms with van der Waals surface area (Å²) >= 11 is 4.69. The molecule has 1 aliphatic heterocycles. The Hall–Kier alpha value is -1.95. The fraction of sp³-hybridized carbons (Fsp3) is 0.182. The molecule has 1 aromatic carbocycles. The van der Waals surface area contributed by atoms with E-state index in [0.29, 0.717) is 5.56 Å². The normalized spacial score (nSPS) is 16.6. The maximum atomic E-state index is 11.6. The van der Waals surface area contributed by atoms with Gasteiger partial charge in [-0.05, 0) is 30.3 Å². The van der Waals surface area contributed by atoms with Crippen molar-refractivity contribution in [2.45, 2.75) is 6.42 Å². The van der Waals surface area contributed by atoms with Gasteiger partial charge in [-0.2, -0.15) is 0 Å². The van der Waals surface area contributed by atoms with Gasteiger partial charge in [0.15, 0.2) is 5.11 Å². The van der Waals surface area contributed by atoms with Crippen LogP contribution in [-0.4, -0.2) is 22.0 Å². The summed E-state index contributed by atoms with van der Waals surface area (Å²) < 4.78 is 0. The average molecular weight is 250 g/mol. The van der Waals surface area contributed by atoms with Crippen LogP contribution in [0, 0.1) is 5.92 Å². The first-order chi connectivity index (χ1) is 8.08. The molecule has 1 aromatic rings. The molecule has 0 radical (unpaired) electrons. The lowest BCUT2D eigenvalue weighted by Gasteiger charge is -2.22. The molecule has 0 bridgehead atoms. The Morgan fingerprint density at radius 1 is 1.18 bits per heavy atom. The van der Waals surface area contributed by atoms with Gasteiger partial charge in [-0.3, -0.25) is 9.59 Å². The number of rotatable bonds is 2. The van der Waals surface area contributed by atoms with Crippen molar-refractivity contribution in [2.75, 3.05) is 0 Å². The second-order valence-corrected chi connectivity index (χ2v) is 4.10. The van der Waals surface area contributed by atoms with E-state index in [1.165, 1.54) is 6.07 Å². The lowest BCUT2D eigenvalue weighted by Crippen LogP contribution is -2.56. The van der Waals surface area contributed by atoms with Crippen molar-refractivity contribution in [1.82, 2.24) is 10.6 Å². The third kappa shape index (κ3) is 2.42. The largest absolute Gasteiger partial charge is 0.508 e. The highest BCUT2D eigenvalue weighted by Gasteiger charge is 2.32. The quantitative estimate of drug-likeness (QED) is 0.513. The Bertz CT molecular complexity index is 481. The second kappa shape index (κ2) is 4.50. The molecule has 1 saturated heterocycles. The lowest BCUT2D eigenvalue weighted by molar-refractivity contribution is -0.135. The number of hydrogen-bond acceptors (Lipinski definition) is 4. The maximum Gasteiger partial charge on any atom is 0.239 e. The summed E-state index contributed by atoms with van der Waals surface area (Å²) in [6.45, 7) is 0.